The van der Waals surface area contributed by atoms with Crippen LogP contribution in [0.1, 0.15) is 0 Å². The zero-order valence-electron chi connectivity index (χ0n) is 6.23. The molecule has 72 valence electrons. The number of ether oxygens (including phenoxy) is 1. The molecule has 0 fully saturated rings. The summed E-state index contributed by atoms with van der Waals surface area (Å²) < 4.78 is 52.3. The summed E-state index contributed by atoms with van der Waals surface area (Å²) in [6, 6.07) is 1.67. The third-order valence-electron chi connectivity index (χ3n) is 1.29. The number of nitrogen functional groups attached to an aromatic ring is 1. The molecule has 0 radical (unpaired) electrons. The van der Waals surface area contributed by atoms with Crippen molar-refractivity contribution in [1.82, 2.24) is 0 Å². The molecule has 0 heterocycles. The quantitative estimate of drug-likeness (QED) is 0.579. The molecule has 0 aromatic heterocycles. The molecule has 0 atom stereocenters. The number of hydrogen-bond acceptors (Lipinski definition) is 2. The van der Waals surface area contributed by atoms with E-state index >= 15 is 0 Å². The molecule has 2 N–H and O–H groups in total. The molecule has 13 heavy (non-hydrogen) atoms. The van der Waals surface area contributed by atoms with Gasteiger partial charge in [-0.1, -0.05) is 0 Å². The molecular weight excluding hydrogens is 190 g/mol. The topological polar surface area (TPSA) is 35.2 Å². The van der Waals surface area contributed by atoms with E-state index < -0.39 is 29.7 Å². The molecule has 0 aliphatic heterocycles. The Labute approximate surface area is 70.9 Å². The van der Waals surface area contributed by atoms with Crippen LogP contribution < -0.4 is 10.5 Å². The van der Waals surface area contributed by atoms with E-state index in [0.717, 1.165) is 12.1 Å². The van der Waals surface area contributed by atoms with Gasteiger partial charge in [-0.2, -0.15) is 8.78 Å². The summed E-state index contributed by atoms with van der Waals surface area (Å²) in [5.74, 6) is -3.69. The van der Waals surface area contributed by atoms with Gasteiger partial charge in [-0.3, -0.25) is 0 Å². The Morgan fingerprint density at radius 1 is 1.23 bits per heavy atom. The number of hydrogen-bond donors (Lipinski definition) is 1. The van der Waals surface area contributed by atoms with Crippen molar-refractivity contribution in [2.45, 2.75) is 6.61 Å². The van der Waals surface area contributed by atoms with Crippen molar-refractivity contribution in [1.29, 1.82) is 0 Å². The minimum absolute atomic E-state index is 0.447. The molecule has 0 aliphatic carbocycles. The SMILES string of the molecule is Nc1ccc(F)c(OC(F)F)c1F. The molecule has 2 nitrogen and oxygen atoms in total. The molecule has 0 aliphatic rings. The van der Waals surface area contributed by atoms with Crippen molar-refractivity contribution < 1.29 is 22.3 Å². The van der Waals surface area contributed by atoms with Gasteiger partial charge in [0.15, 0.2) is 17.4 Å². The van der Waals surface area contributed by atoms with Gasteiger partial charge in [0.05, 0.1) is 5.69 Å². The first-order valence-electron chi connectivity index (χ1n) is 3.20. The van der Waals surface area contributed by atoms with Crippen molar-refractivity contribution >= 4 is 5.69 Å². The zero-order chi connectivity index (χ0) is 10.0. The number of halogens is 4. The Hall–Kier alpha value is -1.46. The van der Waals surface area contributed by atoms with Crippen LogP contribution >= 0.6 is 0 Å². The van der Waals surface area contributed by atoms with Crippen LogP contribution in [0, 0.1) is 11.6 Å². The smallest absolute Gasteiger partial charge is 0.387 e. The van der Waals surface area contributed by atoms with E-state index in [9.17, 15) is 17.6 Å². The average molecular weight is 195 g/mol. The van der Waals surface area contributed by atoms with Gasteiger partial charge in [-0.15, -0.1) is 0 Å². The van der Waals surface area contributed by atoms with Crippen LogP contribution in [0.3, 0.4) is 0 Å². The highest BCUT2D eigenvalue weighted by atomic mass is 19.3. The zero-order valence-corrected chi connectivity index (χ0v) is 6.23. The van der Waals surface area contributed by atoms with E-state index in [2.05, 4.69) is 4.74 Å². The summed E-state index contributed by atoms with van der Waals surface area (Å²) in [7, 11) is 0. The van der Waals surface area contributed by atoms with E-state index in [-0.39, 0.29) is 0 Å². The van der Waals surface area contributed by atoms with Gasteiger partial charge < -0.3 is 10.5 Å². The predicted octanol–water partition coefficient (Wildman–Crippen LogP) is 2.15. The standard InChI is InChI=1S/C7H5F4NO/c8-3-1-2-4(12)5(9)6(3)13-7(10)11/h1-2,7H,12H2. The number of alkyl halides is 2. The molecule has 1 rings (SSSR count). The Kier molecular flexibility index (Phi) is 2.60. The maximum Gasteiger partial charge on any atom is 0.387 e. The van der Waals surface area contributed by atoms with Crippen LogP contribution in [0.15, 0.2) is 12.1 Å². The van der Waals surface area contributed by atoms with E-state index in [4.69, 9.17) is 5.73 Å². The lowest BCUT2D eigenvalue weighted by Crippen LogP contribution is -2.07. The Morgan fingerprint density at radius 2 is 1.85 bits per heavy atom. The lowest BCUT2D eigenvalue weighted by molar-refractivity contribution is -0.0545. The number of nitrogens with two attached hydrogens (primary N) is 1. The highest BCUT2D eigenvalue weighted by Gasteiger charge is 2.17. The van der Waals surface area contributed by atoms with Gasteiger partial charge in [0.1, 0.15) is 0 Å². The van der Waals surface area contributed by atoms with E-state index in [1.807, 2.05) is 0 Å². The third kappa shape index (κ3) is 2.01. The van der Waals surface area contributed by atoms with Gasteiger partial charge in [-0.05, 0) is 12.1 Å². The second-order valence-electron chi connectivity index (χ2n) is 2.16. The summed E-state index contributed by atoms with van der Waals surface area (Å²) in [6.45, 7) is -3.29. The maximum atomic E-state index is 12.8. The third-order valence-corrected chi connectivity index (χ3v) is 1.29. The monoisotopic (exact) mass is 195 g/mol. The lowest BCUT2D eigenvalue weighted by Gasteiger charge is -2.07. The Morgan fingerprint density at radius 3 is 2.38 bits per heavy atom. The van der Waals surface area contributed by atoms with Gasteiger partial charge in [0.25, 0.3) is 0 Å². The fourth-order valence-corrected chi connectivity index (χ4v) is 0.745. The summed E-state index contributed by atoms with van der Waals surface area (Å²) in [4.78, 5) is 0. The van der Waals surface area contributed by atoms with Gasteiger partial charge in [-0.25, -0.2) is 8.78 Å². The Balaban J connectivity index is 3.10. The van der Waals surface area contributed by atoms with Crippen molar-refractivity contribution in [3.63, 3.8) is 0 Å². The first kappa shape index (κ1) is 9.63. The summed E-state index contributed by atoms with van der Waals surface area (Å²) >= 11 is 0. The van der Waals surface area contributed by atoms with Crippen molar-refractivity contribution in [3.8, 4) is 5.75 Å². The van der Waals surface area contributed by atoms with Crippen LogP contribution in [0.5, 0.6) is 5.75 Å². The number of benzene rings is 1. The Bertz CT molecular complexity index is 316. The summed E-state index contributed by atoms with van der Waals surface area (Å²) in [5, 5.41) is 0. The van der Waals surface area contributed by atoms with Crippen LogP contribution in [-0.4, -0.2) is 6.61 Å². The fraction of sp³-hybridized carbons (Fsp3) is 0.143. The average Bonchev–Trinajstić information content (AvgIpc) is 2.05. The molecule has 0 unspecified atom stereocenters. The molecule has 1 aromatic carbocycles. The molecule has 1 aromatic rings. The van der Waals surface area contributed by atoms with Crippen molar-refractivity contribution in [2.75, 3.05) is 5.73 Å². The second kappa shape index (κ2) is 3.51. The molecule has 0 saturated heterocycles. The van der Waals surface area contributed by atoms with Crippen LogP contribution in [0.25, 0.3) is 0 Å². The largest absolute Gasteiger partial charge is 0.428 e. The van der Waals surface area contributed by atoms with Gasteiger partial charge >= 0.3 is 6.61 Å². The fourth-order valence-electron chi connectivity index (χ4n) is 0.745. The van der Waals surface area contributed by atoms with Crippen molar-refractivity contribution in [3.05, 3.63) is 23.8 Å². The molecule has 0 amide bonds. The molecule has 0 bridgehead atoms. The highest BCUT2D eigenvalue weighted by molar-refractivity contribution is 5.46. The highest BCUT2D eigenvalue weighted by Crippen LogP contribution is 2.27. The van der Waals surface area contributed by atoms with Gasteiger partial charge in [0, 0.05) is 0 Å². The maximum absolute atomic E-state index is 12.8. The first-order chi connectivity index (χ1) is 6.02. The first-order valence-corrected chi connectivity index (χ1v) is 3.20. The predicted molar refractivity (Wildman–Crippen MR) is 37.4 cm³/mol. The lowest BCUT2D eigenvalue weighted by atomic mass is 10.3. The van der Waals surface area contributed by atoms with E-state index in [0.29, 0.717) is 0 Å². The molecule has 0 saturated carbocycles. The number of anilines is 1. The summed E-state index contributed by atoms with van der Waals surface area (Å²) in [5.41, 5.74) is 4.55. The van der Waals surface area contributed by atoms with Gasteiger partial charge in [0.2, 0.25) is 0 Å². The summed E-state index contributed by atoms with van der Waals surface area (Å²) in [6.07, 6.45) is 0. The van der Waals surface area contributed by atoms with Crippen LogP contribution in [0.2, 0.25) is 0 Å². The molecule has 0 spiro atoms. The van der Waals surface area contributed by atoms with E-state index in [1.54, 1.807) is 0 Å². The van der Waals surface area contributed by atoms with Crippen LogP contribution in [-0.2, 0) is 0 Å². The minimum Gasteiger partial charge on any atom is -0.428 e. The number of rotatable bonds is 2. The van der Waals surface area contributed by atoms with E-state index in [1.165, 1.54) is 0 Å². The van der Waals surface area contributed by atoms with Crippen LogP contribution in [0.4, 0.5) is 23.2 Å². The minimum atomic E-state index is -3.29. The van der Waals surface area contributed by atoms with Crippen molar-refractivity contribution in [2.24, 2.45) is 0 Å². The molecule has 6 heteroatoms. The second-order valence-corrected chi connectivity index (χ2v) is 2.16. The molecular formula is C7H5F4NO. The normalized spacial score (nSPS) is 10.5.